The van der Waals surface area contributed by atoms with E-state index < -0.39 is 23.8 Å². The minimum Gasteiger partial charge on any atom is -0.394 e. The van der Waals surface area contributed by atoms with Crippen LogP contribution in [0.15, 0.2) is 54.6 Å². The van der Waals surface area contributed by atoms with Crippen LogP contribution in [-0.2, 0) is 6.18 Å². The summed E-state index contributed by atoms with van der Waals surface area (Å²) in [4.78, 5) is 18.9. The normalized spacial score (nSPS) is 18.6. The van der Waals surface area contributed by atoms with Crippen LogP contribution >= 0.6 is 0 Å². The molecule has 4 rings (SSSR count). The zero-order valence-electron chi connectivity index (χ0n) is 16.6. The van der Waals surface area contributed by atoms with Crippen molar-refractivity contribution in [3.8, 4) is 11.3 Å². The minimum absolute atomic E-state index is 0.0653. The summed E-state index contributed by atoms with van der Waals surface area (Å²) >= 11 is 0. The molecule has 31 heavy (non-hydrogen) atoms. The maximum Gasteiger partial charge on any atom is 0.433 e. The zero-order chi connectivity index (χ0) is 22.0. The van der Waals surface area contributed by atoms with Crippen LogP contribution < -0.4 is 0 Å². The zero-order valence-corrected chi connectivity index (χ0v) is 16.6. The molecule has 1 N–H and O–H groups in total. The van der Waals surface area contributed by atoms with Crippen molar-refractivity contribution in [2.24, 2.45) is 0 Å². The van der Waals surface area contributed by atoms with Gasteiger partial charge in [-0.15, -0.1) is 0 Å². The number of fused-ring (bicyclic) bond motifs is 1. The lowest BCUT2D eigenvalue weighted by Gasteiger charge is -2.30. The molecule has 0 saturated carbocycles. The summed E-state index contributed by atoms with van der Waals surface area (Å²) in [5, 5.41) is 13.7. The molecule has 1 aliphatic heterocycles. The smallest absolute Gasteiger partial charge is 0.394 e. The number of benzene rings is 1. The summed E-state index contributed by atoms with van der Waals surface area (Å²) in [5.74, 6) is -0.519. The van der Waals surface area contributed by atoms with Gasteiger partial charge in [0.1, 0.15) is 0 Å². The molecule has 162 valence electrons. The Hall–Kier alpha value is -3.20. The minimum atomic E-state index is -4.68. The number of hydrogen-bond donors (Lipinski definition) is 1. The van der Waals surface area contributed by atoms with Crippen molar-refractivity contribution in [1.29, 1.82) is 0 Å². The van der Waals surface area contributed by atoms with Crippen LogP contribution in [0.2, 0.25) is 0 Å². The molecule has 6 nitrogen and oxygen atoms in total. The molecule has 0 fully saturated rings. The number of carbonyl (C=O) groups excluding carboxylic acids is 1. The highest BCUT2D eigenvalue weighted by Crippen LogP contribution is 2.32. The summed E-state index contributed by atoms with van der Waals surface area (Å²) in [7, 11) is 0. The first-order valence-corrected chi connectivity index (χ1v) is 9.99. The van der Waals surface area contributed by atoms with Crippen molar-refractivity contribution >= 4 is 11.6 Å². The Bertz CT molecular complexity index is 1110. The van der Waals surface area contributed by atoms with Gasteiger partial charge in [0.15, 0.2) is 17.0 Å². The van der Waals surface area contributed by atoms with Gasteiger partial charge in [-0.1, -0.05) is 42.5 Å². The number of halogens is 3. The van der Waals surface area contributed by atoms with Gasteiger partial charge in [-0.3, -0.25) is 4.79 Å². The van der Waals surface area contributed by atoms with E-state index in [1.807, 2.05) is 12.2 Å². The van der Waals surface area contributed by atoms with Gasteiger partial charge in [0.2, 0.25) is 0 Å². The summed E-state index contributed by atoms with van der Waals surface area (Å²) < 4.78 is 42.0. The first-order valence-electron chi connectivity index (χ1n) is 9.99. The lowest BCUT2D eigenvalue weighted by molar-refractivity contribution is -0.142. The van der Waals surface area contributed by atoms with Gasteiger partial charge in [-0.2, -0.15) is 18.3 Å². The fraction of sp³-hybridized carbons (Fsp3) is 0.318. The molecule has 1 amide bonds. The number of aliphatic hydroxyl groups excluding tert-OH is 1. The quantitative estimate of drug-likeness (QED) is 0.639. The van der Waals surface area contributed by atoms with Gasteiger partial charge in [-0.25, -0.2) is 9.50 Å². The van der Waals surface area contributed by atoms with Crippen molar-refractivity contribution in [1.82, 2.24) is 19.5 Å². The summed E-state index contributed by atoms with van der Waals surface area (Å²) in [5.41, 5.74) is -0.537. The predicted octanol–water partition coefficient (Wildman–Crippen LogP) is 3.96. The largest absolute Gasteiger partial charge is 0.433 e. The molecule has 0 radical (unpaired) electrons. The Morgan fingerprint density at radius 3 is 2.65 bits per heavy atom. The lowest BCUT2D eigenvalue weighted by atomic mass is 10.1. The van der Waals surface area contributed by atoms with Crippen molar-refractivity contribution in [2.75, 3.05) is 13.2 Å². The molecule has 1 aliphatic rings. The standard InChI is InChI=1S/C22H21F3N4O2/c23-22(24,25)19-12-17(15-8-4-3-5-9-15)26-20-13-18(27-29(19)20)21(31)28-11-7-2-1-6-10-16(28)14-30/h1,3-6,8-9,12-13,16,30H,2,7,10-11,14H2/b6-1-. The summed E-state index contributed by atoms with van der Waals surface area (Å²) in [6.07, 6.45) is 1.17. The Labute approximate surface area is 176 Å². The van der Waals surface area contributed by atoms with Gasteiger partial charge in [0.25, 0.3) is 5.91 Å². The number of hydrogen-bond acceptors (Lipinski definition) is 4. The molecule has 0 spiro atoms. The Morgan fingerprint density at radius 1 is 1.16 bits per heavy atom. The monoisotopic (exact) mass is 430 g/mol. The Morgan fingerprint density at radius 2 is 1.94 bits per heavy atom. The number of rotatable bonds is 3. The average Bonchev–Trinajstić information content (AvgIpc) is 3.17. The highest BCUT2D eigenvalue weighted by Gasteiger charge is 2.36. The third-order valence-electron chi connectivity index (χ3n) is 5.26. The second kappa shape index (κ2) is 8.50. The summed E-state index contributed by atoms with van der Waals surface area (Å²) in [6, 6.07) is 10.3. The molecular formula is C22H21F3N4O2. The summed E-state index contributed by atoms with van der Waals surface area (Å²) in [6.45, 7) is 0.144. The third-order valence-corrected chi connectivity index (χ3v) is 5.26. The van der Waals surface area contributed by atoms with Crippen molar-refractivity contribution in [3.63, 3.8) is 0 Å². The molecule has 1 unspecified atom stereocenters. The molecule has 9 heteroatoms. The van der Waals surface area contributed by atoms with Crippen LogP contribution in [-0.4, -0.2) is 49.7 Å². The molecule has 0 saturated heterocycles. The van der Waals surface area contributed by atoms with Gasteiger partial charge in [0.05, 0.1) is 18.3 Å². The van der Waals surface area contributed by atoms with Crippen LogP contribution in [0.1, 0.15) is 35.4 Å². The highest BCUT2D eigenvalue weighted by atomic mass is 19.4. The molecule has 3 aromatic rings. The molecular weight excluding hydrogens is 409 g/mol. The Kier molecular flexibility index (Phi) is 5.77. The van der Waals surface area contributed by atoms with E-state index in [9.17, 15) is 23.1 Å². The fourth-order valence-electron chi connectivity index (χ4n) is 3.69. The van der Waals surface area contributed by atoms with E-state index in [0.717, 1.165) is 12.5 Å². The van der Waals surface area contributed by atoms with E-state index >= 15 is 0 Å². The number of alkyl halides is 3. The predicted molar refractivity (Wildman–Crippen MR) is 108 cm³/mol. The maximum absolute atomic E-state index is 13.8. The van der Waals surface area contributed by atoms with Gasteiger partial charge in [0, 0.05) is 18.2 Å². The first kappa shape index (κ1) is 21.0. The van der Waals surface area contributed by atoms with Crippen LogP contribution in [0.3, 0.4) is 0 Å². The van der Waals surface area contributed by atoms with Crippen molar-refractivity contribution in [2.45, 2.75) is 31.5 Å². The molecule has 2 aromatic heterocycles. The van der Waals surface area contributed by atoms with Crippen molar-refractivity contribution < 1.29 is 23.1 Å². The van der Waals surface area contributed by atoms with Gasteiger partial charge >= 0.3 is 6.18 Å². The van der Waals surface area contributed by atoms with Crippen LogP contribution in [0.4, 0.5) is 13.2 Å². The molecule has 3 heterocycles. The van der Waals surface area contributed by atoms with Crippen LogP contribution in [0, 0.1) is 0 Å². The van der Waals surface area contributed by atoms with Gasteiger partial charge < -0.3 is 10.0 Å². The number of aliphatic hydroxyl groups is 1. The van der Waals surface area contributed by atoms with E-state index in [-0.39, 0.29) is 23.6 Å². The second-order valence-electron chi connectivity index (χ2n) is 7.37. The van der Waals surface area contributed by atoms with Crippen molar-refractivity contribution in [3.05, 3.63) is 66.0 Å². The number of nitrogens with zero attached hydrogens (tertiary/aromatic N) is 4. The number of aromatic nitrogens is 3. The number of allylic oxidation sites excluding steroid dienone is 1. The molecule has 0 bridgehead atoms. The molecule has 1 atom stereocenters. The van der Waals surface area contributed by atoms with Gasteiger partial charge in [-0.05, 0) is 25.3 Å². The first-order chi connectivity index (χ1) is 14.9. The number of carbonyl (C=O) groups is 1. The SMILES string of the molecule is O=C(c1cc2nc(-c3ccccc3)cc(C(F)(F)F)n2n1)N1CCC/C=C\CC1CO. The molecule has 1 aromatic carbocycles. The van der Waals surface area contributed by atoms with Crippen LogP contribution in [0.5, 0.6) is 0 Å². The van der Waals surface area contributed by atoms with E-state index in [1.165, 1.54) is 11.0 Å². The topological polar surface area (TPSA) is 70.7 Å². The van der Waals surface area contributed by atoms with E-state index in [1.54, 1.807) is 30.3 Å². The van der Waals surface area contributed by atoms with E-state index in [0.29, 0.717) is 29.5 Å². The van der Waals surface area contributed by atoms with E-state index in [4.69, 9.17) is 0 Å². The second-order valence-corrected chi connectivity index (χ2v) is 7.37. The number of amides is 1. The maximum atomic E-state index is 13.8. The highest BCUT2D eigenvalue weighted by molar-refractivity contribution is 5.93. The molecule has 0 aliphatic carbocycles. The lowest BCUT2D eigenvalue weighted by Crippen LogP contribution is -2.43. The Balaban J connectivity index is 1.79. The average molecular weight is 430 g/mol. The van der Waals surface area contributed by atoms with Crippen LogP contribution in [0.25, 0.3) is 16.9 Å². The fourth-order valence-corrected chi connectivity index (χ4v) is 3.69. The third kappa shape index (κ3) is 4.32. The van der Waals surface area contributed by atoms with E-state index in [2.05, 4.69) is 10.1 Å².